The molecule has 0 aliphatic heterocycles. The molecule has 2 rings (SSSR count). The Morgan fingerprint density at radius 1 is 1.24 bits per heavy atom. The average Bonchev–Trinajstić information content (AvgIpc) is 3.00. The molecule has 0 spiro atoms. The fourth-order valence-corrected chi connectivity index (χ4v) is 4.48. The molecule has 0 bridgehead atoms. The summed E-state index contributed by atoms with van der Waals surface area (Å²) in [7, 11) is -1.71. The smallest absolute Gasteiger partial charge is 0.192 e. The van der Waals surface area contributed by atoms with Crippen LogP contribution in [0.15, 0.2) is 12.2 Å². The van der Waals surface area contributed by atoms with Crippen molar-refractivity contribution in [2.24, 2.45) is 22.7 Å². The lowest BCUT2D eigenvalue weighted by atomic mass is 9.86. The first-order valence-electron chi connectivity index (χ1n) is 8.38. The van der Waals surface area contributed by atoms with Crippen molar-refractivity contribution in [3.05, 3.63) is 12.2 Å². The number of hydrogen-bond acceptors (Lipinski definition) is 2. The summed E-state index contributed by atoms with van der Waals surface area (Å²) in [5.41, 5.74) is 0.361. The predicted octanol–water partition coefficient (Wildman–Crippen LogP) is 4.61. The zero-order chi connectivity index (χ0) is 16.1. The van der Waals surface area contributed by atoms with E-state index in [-0.39, 0.29) is 15.9 Å². The van der Waals surface area contributed by atoms with E-state index in [0.29, 0.717) is 18.4 Å². The Balaban J connectivity index is 2.11. The highest BCUT2D eigenvalue weighted by molar-refractivity contribution is 6.74. The van der Waals surface area contributed by atoms with Crippen molar-refractivity contribution in [3.63, 3.8) is 0 Å². The van der Waals surface area contributed by atoms with Crippen LogP contribution in [0, 0.1) is 22.7 Å². The minimum Gasteiger partial charge on any atom is -0.416 e. The third kappa shape index (κ3) is 3.30. The van der Waals surface area contributed by atoms with Crippen molar-refractivity contribution in [2.45, 2.75) is 65.6 Å². The minimum atomic E-state index is -1.71. The van der Waals surface area contributed by atoms with Crippen LogP contribution in [0.4, 0.5) is 0 Å². The Morgan fingerprint density at radius 3 is 2.38 bits per heavy atom. The van der Waals surface area contributed by atoms with Crippen LogP contribution in [0.2, 0.25) is 18.1 Å². The maximum Gasteiger partial charge on any atom is 0.192 e. The van der Waals surface area contributed by atoms with Gasteiger partial charge in [-0.05, 0) is 42.3 Å². The summed E-state index contributed by atoms with van der Waals surface area (Å²) in [6.45, 7) is 17.2. The van der Waals surface area contributed by atoms with E-state index in [1.165, 1.54) is 12.8 Å². The summed E-state index contributed by atoms with van der Waals surface area (Å²) in [5.74, 6) is 1.05. The number of fused-ring (bicyclic) bond motifs is 1. The van der Waals surface area contributed by atoms with E-state index in [1.54, 1.807) is 0 Å². The standard InChI is InChI=1S/C18H34O2Si/c1-16(2,3)21(6,7)20-12-14-8-9-17(4,5)10-15-11-18(14,15)13-19/h8-9,14-15,19H,10-13H2,1-7H3/t14-,15+,18-/m0/s1. The van der Waals surface area contributed by atoms with Crippen LogP contribution in [0.5, 0.6) is 0 Å². The van der Waals surface area contributed by atoms with Gasteiger partial charge in [0.1, 0.15) is 0 Å². The highest BCUT2D eigenvalue weighted by Gasteiger charge is 2.59. The number of aliphatic hydroxyl groups excluding tert-OH is 1. The maximum atomic E-state index is 9.97. The van der Waals surface area contributed by atoms with Crippen LogP contribution in [-0.2, 0) is 4.43 Å². The van der Waals surface area contributed by atoms with Gasteiger partial charge in [0.2, 0.25) is 0 Å². The topological polar surface area (TPSA) is 29.5 Å². The highest BCUT2D eigenvalue weighted by Crippen LogP contribution is 2.63. The summed E-state index contributed by atoms with van der Waals surface area (Å²) < 4.78 is 6.46. The van der Waals surface area contributed by atoms with Crippen LogP contribution < -0.4 is 0 Å². The molecule has 0 heterocycles. The van der Waals surface area contributed by atoms with E-state index in [0.717, 1.165) is 6.61 Å². The third-order valence-corrected chi connectivity index (χ3v) is 10.8. The second-order valence-corrected chi connectivity index (χ2v) is 14.3. The lowest BCUT2D eigenvalue weighted by molar-refractivity contribution is 0.119. The molecule has 0 aromatic carbocycles. The van der Waals surface area contributed by atoms with E-state index < -0.39 is 8.32 Å². The van der Waals surface area contributed by atoms with E-state index >= 15 is 0 Å². The molecule has 1 fully saturated rings. The summed E-state index contributed by atoms with van der Waals surface area (Å²) >= 11 is 0. The molecular weight excluding hydrogens is 276 g/mol. The Labute approximate surface area is 132 Å². The van der Waals surface area contributed by atoms with Crippen LogP contribution in [0.25, 0.3) is 0 Å². The lowest BCUT2D eigenvalue weighted by Crippen LogP contribution is -2.43. The maximum absolute atomic E-state index is 9.97. The average molecular weight is 311 g/mol. The van der Waals surface area contributed by atoms with Gasteiger partial charge in [-0.15, -0.1) is 0 Å². The molecule has 2 aliphatic carbocycles. The third-order valence-electron chi connectivity index (χ3n) is 6.29. The fourth-order valence-electron chi connectivity index (χ4n) is 3.45. The number of aliphatic hydroxyl groups is 1. The Bertz CT molecular complexity index is 419. The van der Waals surface area contributed by atoms with Crippen LogP contribution >= 0.6 is 0 Å². The first-order valence-corrected chi connectivity index (χ1v) is 11.3. The molecule has 2 aliphatic rings. The zero-order valence-electron chi connectivity index (χ0n) is 15.0. The van der Waals surface area contributed by atoms with E-state index in [4.69, 9.17) is 4.43 Å². The van der Waals surface area contributed by atoms with Crippen molar-refractivity contribution in [3.8, 4) is 0 Å². The highest BCUT2D eigenvalue weighted by atomic mass is 28.4. The van der Waals surface area contributed by atoms with Crippen molar-refractivity contribution < 1.29 is 9.53 Å². The van der Waals surface area contributed by atoms with Gasteiger partial charge >= 0.3 is 0 Å². The second kappa shape index (κ2) is 5.21. The number of hydrogen-bond donors (Lipinski definition) is 1. The van der Waals surface area contributed by atoms with E-state index in [2.05, 4.69) is 59.9 Å². The monoisotopic (exact) mass is 310 g/mol. The van der Waals surface area contributed by atoms with Crippen LogP contribution in [0.1, 0.15) is 47.5 Å². The number of allylic oxidation sites excluding steroid dienone is 1. The van der Waals surface area contributed by atoms with Gasteiger partial charge in [-0.2, -0.15) is 0 Å². The van der Waals surface area contributed by atoms with Gasteiger partial charge in [0.15, 0.2) is 8.32 Å². The van der Waals surface area contributed by atoms with E-state index in [1.807, 2.05) is 0 Å². The van der Waals surface area contributed by atoms with Gasteiger partial charge in [-0.25, -0.2) is 0 Å². The molecule has 21 heavy (non-hydrogen) atoms. The quantitative estimate of drug-likeness (QED) is 0.607. The molecule has 3 atom stereocenters. The van der Waals surface area contributed by atoms with Crippen LogP contribution in [-0.4, -0.2) is 26.6 Å². The second-order valence-electron chi connectivity index (χ2n) is 9.52. The van der Waals surface area contributed by atoms with Crippen molar-refractivity contribution >= 4 is 8.32 Å². The van der Waals surface area contributed by atoms with Gasteiger partial charge < -0.3 is 9.53 Å². The minimum absolute atomic E-state index is 0.104. The molecule has 0 aromatic rings. The molecule has 0 saturated heterocycles. The zero-order valence-corrected chi connectivity index (χ0v) is 16.0. The van der Waals surface area contributed by atoms with Gasteiger partial charge in [-0.1, -0.05) is 46.8 Å². The van der Waals surface area contributed by atoms with Gasteiger partial charge in [-0.3, -0.25) is 0 Å². The fraction of sp³-hybridized carbons (Fsp3) is 0.889. The molecular formula is C18H34O2Si. The Hall–Kier alpha value is -0.123. The molecule has 0 unspecified atom stereocenters. The lowest BCUT2D eigenvalue weighted by Gasteiger charge is -2.38. The predicted molar refractivity (Wildman–Crippen MR) is 91.8 cm³/mol. The van der Waals surface area contributed by atoms with Crippen molar-refractivity contribution in [1.82, 2.24) is 0 Å². The van der Waals surface area contributed by atoms with Gasteiger partial charge in [0, 0.05) is 24.5 Å². The SMILES string of the molecule is CC1(C)C=C[C@@H](CO[Si](C)(C)C(C)(C)C)[C@@]2(CO)C[C@H]2C1. The first kappa shape index (κ1) is 17.2. The summed E-state index contributed by atoms with van der Waals surface area (Å²) in [6, 6.07) is 0. The van der Waals surface area contributed by atoms with Gasteiger partial charge in [0.05, 0.1) is 0 Å². The molecule has 2 nitrogen and oxygen atoms in total. The normalized spacial score (nSPS) is 35.2. The first-order chi connectivity index (χ1) is 9.44. The molecule has 0 aromatic heterocycles. The molecule has 0 amide bonds. The van der Waals surface area contributed by atoms with E-state index in [9.17, 15) is 5.11 Å². The Kier molecular flexibility index (Phi) is 4.27. The van der Waals surface area contributed by atoms with Crippen molar-refractivity contribution in [2.75, 3.05) is 13.2 Å². The van der Waals surface area contributed by atoms with Gasteiger partial charge in [0.25, 0.3) is 0 Å². The molecule has 0 radical (unpaired) electrons. The Morgan fingerprint density at radius 2 is 1.86 bits per heavy atom. The van der Waals surface area contributed by atoms with Crippen molar-refractivity contribution in [1.29, 1.82) is 0 Å². The summed E-state index contributed by atoms with van der Waals surface area (Å²) in [6.07, 6.45) is 7.07. The summed E-state index contributed by atoms with van der Waals surface area (Å²) in [5, 5.41) is 10.2. The molecule has 1 saturated carbocycles. The molecule has 122 valence electrons. The number of rotatable bonds is 4. The summed E-state index contributed by atoms with van der Waals surface area (Å²) in [4.78, 5) is 0. The molecule has 3 heteroatoms. The van der Waals surface area contributed by atoms with Crippen LogP contribution in [0.3, 0.4) is 0 Å². The molecule has 1 N–H and O–H groups in total. The largest absolute Gasteiger partial charge is 0.416 e.